The summed E-state index contributed by atoms with van der Waals surface area (Å²) in [5.74, 6) is 4.78. The second-order valence-electron chi connectivity index (χ2n) is 30.2. The van der Waals surface area contributed by atoms with Crippen LogP contribution in [0.4, 0.5) is 0 Å². The zero-order valence-electron chi connectivity index (χ0n) is 62.8. The van der Waals surface area contributed by atoms with E-state index in [0.29, 0.717) is 16.8 Å². The molecule has 0 bridgehead atoms. The summed E-state index contributed by atoms with van der Waals surface area (Å²) in [5.41, 5.74) is 23.1. The molecule has 1 fully saturated rings. The fraction of sp³-hybridized carbons (Fsp3) is 0.0792. The molecule has 2 spiro atoms. The van der Waals surface area contributed by atoms with Crippen LogP contribution in [0.3, 0.4) is 0 Å². The molecule has 4 aromatic heterocycles. The molecule has 0 amide bonds. The van der Waals surface area contributed by atoms with Crippen LogP contribution in [0.1, 0.15) is 72.2 Å². The van der Waals surface area contributed by atoms with Crippen LogP contribution in [0.2, 0.25) is 5.15 Å². The predicted molar refractivity (Wildman–Crippen MR) is 457 cm³/mol. The van der Waals surface area contributed by atoms with E-state index in [1.54, 1.807) is 6.07 Å². The Balaban J connectivity index is 0.000000120. The molecule has 23 rings (SSSR count). The fourth-order valence-corrected chi connectivity index (χ4v) is 18.1. The third-order valence-corrected chi connectivity index (χ3v) is 23.7. The van der Waals surface area contributed by atoms with E-state index in [4.69, 9.17) is 40.4 Å². The maximum absolute atomic E-state index is 6.80. The Morgan fingerprint density at radius 3 is 1.15 bits per heavy atom. The van der Waals surface area contributed by atoms with E-state index in [9.17, 15) is 0 Å². The molecule has 5 aliphatic heterocycles. The van der Waals surface area contributed by atoms with Gasteiger partial charge in [-0.2, -0.15) is 0 Å². The Bertz CT molecular complexity index is 6700. The Morgan fingerprint density at radius 1 is 0.292 bits per heavy atom. The molecule has 2 atom stereocenters. The van der Waals surface area contributed by atoms with Crippen molar-refractivity contribution in [1.82, 2.24) is 29.1 Å². The van der Waals surface area contributed by atoms with Gasteiger partial charge in [-0.15, -0.1) is 0 Å². The molecular formula is C101H73BClN6O4-. The molecule has 18 aromatic rings. The Morgan fingerprint density at radius 2 is 0.655 bits per heavy atom. The first-order valence-corrected chi connectivity index (χ1v) is 38.4. The zero-order valence-corrected chi connectivity index (χ0v) is 63.5. The number of benzene rings is 14. The van der Waals surface area contributed by atoms with Gasteiger partial charge in [0.1, 0.15) is 28.2 Å². The SMILES string of the molecule is CC1(C)OB(c2ccc3c(c2)C2(c4ccccc4O3)c3ccccc3-n3c4ccccc4c4cccc2c43)OC1(C)C.Clc1cc(-c2ccccc2)nc(-c2ccccc2)n1.[CH3-].c1ccc(-c2cc(-c3ccc4c(c3)C3(c5ccccc5O4)c4ccccc4-n4c5ccccc5c5cccc3c54)nc(-c3ccccc3)n2)cc1. The number of aromatic nitrogens is 6. The molecule has 1 saturated heterocycles. The van der Waals surface area contributed by atoms with Gasteiger partial charge in [0.15, 0.2) is 11.6 Å². The van der Waals surface area contributed by atoms with E-state index >= 15 is 0 Å². The smallest absolute Gasteiger partial charge is 0.457 e. The van der Waals surface area contributed by atoms with E-state index in [2.05, 4.69) is 308 Å². The van der Waals surface area contributed by atoms with Crippen molar-refractivity contribution in [3.63, 3.8) is 0 Å². The van der Waals surface area contributed by atoms with Gasteiger partial charge in [-0.25, -0.2) is 19.9 Å². The fourth-order valence-electron chi connectivity index (χ4n) is 17.9. The number of fused-ring (bicyclic) bond motifs is 22. The molecule has 542 valence electrons. The van der Waals surface area contributed by atoms with E-state index in [1.807, 2.05) is 84.9 Å². The monoisotopic (exact) mass is 1480 g/mol. The lowest BCUT2D eigenvalue weighted by molar-refractivity contribution is 0.00578. The largest absolute Gasteiger partial charge is 0.494 e. The van der Waals surface area contributed by atoms with Crippen LogP contribution in [0.25, 0.3) is 112 Å². The van der Waals surface area contributed by atoms with Gasteiger partial charge in [0, 0.05) is 77.7 Å². The highest BCUT2D eigenvalue weighted by Crippen LogP contribution is 2.63. The highest BCUT2D eigenvalue weighted by Gasteiger charge is 2.55. The normalized spacial score (nSPS) is 16.4. The summed E-state index contributed by atoms with van der Waals surface area (Å²) in [5, 5.41) is 5.46. The first kappa shape index (κ1) is 68.9. The number of halogens is 1. The molecule has 113 heavy (non-hydrogen) atoms. The molecule has 2 unspecified atom stereocenters. The summed E-state index contributed by atoms with van der Waals surface area (Å²) >= 11 is 6.10. The van der Waals surface area contributed by atoms with Gasteiger partial charge in [0.25, 0.3) is 0 Å². The summed E-state index contributed by atoms with van der Waals surface area (Å²) in [6.45, 7) is 8.40. The summed E-state index contributed by atoms with van der Waals surface area (Å²) in [6.07, 6.45) is 0. The molecule has 0 radical (unpaired) electrons. The lowest BCUT2D eigenvalue weighted by Gasteiger charge is -2.45. The maximum atomic E-state index is 6.80. The number of para-hydroxylation sites is 8. The van der Waals surface area contributed by atoms with E-state index in [1.165, 1.54) is 77.2 Å². The van der Waals surface area contributed by atoms with Crippen molar-refractivity contribution in [2.75, 3.05) is 0 Å². The molecule has 0 saturated carbocycles. The van der Waals surface area contributed by atoms with E-state index in [0.717, 1.165) is 95.6 Å². The number of rotatable bonds is 6. The summed E-state index contributed by atoms with van der Waals surface area (Å²) in [6, 6.07) is 123. The quantitative estimate of drug-likeness (QED) is 0.0922. The minimum Gasteiger partial charge on any atom is -0.457 e. The van der Waals surface area contributed by atoms with Crippen LogP contribution in [-0.4, -0.2) is 47.4 Å². The number of nitrogens with zero attached hydrogens (tertiary/aromatic N) is 6. The number of hydrogen-bond acceptors (Lipinski definition) is 8. The zero-order chi connectivity index (χ0) is 75.0. The third-order valence-electron chi connectivity index (χ3n) is 23.6. The van der Waals surface area contributed by atoms with Crippen molar-refractivity contribution in [2.45, 2.75) is 49.7 Å². The van der Waals surface area contributed by atoms with Gasteiger partial charge in [-0.3, -0.25) is 0 Å². The van der Waals surface area contributed by atoms with Crippen LogP contribution in [0, 0.1) is 7.43 Å². The van der Waals surface area contributed by atoms with Crippen LogP contribution < -0.4 is 14.9 Å². The standard InChI is InChI=1S/C47H29N3O.C37H30BNO3.C16H11ClN2.CH3/c1-3-14-30(15-4-1)39-29-40(49-46(48-39)31-16-5-2-6-17-31)32-26-27-44-38(28-32)47(36-21-9-12-25-43(36)51-44)35-20-8-11-24-42(35)50-41-23-10-7-18-33(41)34-19-13-22-37(47)45(34)50;1-35(2)36(3,4)42-38(41-35)23-20-21-33-29(22-23)37(27-15-7-10-19-32(27)40-33)26-14-6-9-18-31(26)39-30-17-8-5-12-24(30)25-13-11-16-28(37)34(25)39;17-15-11-14(12-7-3-1-4-8-12)18-16(19-15)13-9-5-2-6-10-13;/h1-29H;5-22H,1-4H3;1-11H;1H3/q;;;-1. The lowest BCUT2D eigenvalue weighted by atomic mass is 9.60. The van der Waals surface area contributed by atoms with Crippen molar-refractivity contribution < 1.29 is 18.8 Å². The summed E-state index contributed by atoms with van der Waals surface area (Å²) in [4.78, 5) is 19.1. The first-order chi connectivity index (χ1) is 54.9. The second-order valence-corrected chi connectivity index (χ2v) is 30.6. The van der Waals surface area contributed by atoms with E-state index < -0.39 is 29.2 Å². The van der Waals surface area contributed by atoms with Crippen molar-refractivity contribution in [3.8, 4) is 90.9 Å². The molecule has 0 aliphatic carbocycles. The minimum absolute atomic E-state index is 0. The van der Waals surface area contributed by atoms with E-state index in [-0.39, 0.29) is 7.43 Å². The summed E-state index contributed by atoms with van der Waals surface area (Å²) in [7, 11) is -0.476. The van der Waals surface area contributed by atoms with Gasteiger partial charge < -0.3 is 35.3 Å². The van der Waals surface area contributed by atoms with Crippen molar-refractivity contribution in [3.05, 3.63) is 409 Å². The molecule has 14 aromatic carbocycles. The second kappa shape index (κ2) is 26.7. The van der Waals surface area contributed by atoms with Gasteiger partial charge in [0.2, 0.25) is 0 Å². The molecule has 0 N–H and O–H groups in total. The van der Waals surface area contributed by atoms with Crippen LogP contribution in [0.15, 0.2) is 352 Å². The molecule has 9 heterocycles. The Labute approximate surface area is 661 Å². The van der Waals surface area contributed by atoms with Crippen molar-refractivity contribution >= 4 is 67.8 Å². The topological polar surface area (TPSA) is 98.3 Å². The average Bonchev–Trinajstić information content (AvgIpc) is 1.66. The lowest BCUT2D eigenvalue weighted by Crippen LogP contribution is -2.41. The number of ether oxygens (including phenoxy) is 2. The molecule has 10 nitrogen and oxygen atoms in total. The van der Waals surface area contributed by atoms with Crippen molar-refractivity contribution in [1.29, 1.82) is 0 Å². The highest BCUT2D eigenvalue weighted by molar-refractivity contribution is 6.62. The van der Waals surface area contributed by atoms with Crippen molar-refractivity contribution in [2.24, 2.45) is 0 Å². The molecule has 5 aliphatic rings. The molecule has 12 heteroatoms. The summed E-state index contributed by atoms with van der Waals surface area (Å²) < 4.78 is 31.5. The predicted octanol–water partition coefficient (Wildman–Crippen LogP) is 24.2. The third kappa shape index (κ3) is 10.7. The average molecular weight is 1480 g/mol. The number of hydrogen-bond donors (Lipinski definition) is 0. The minimum atomic E-state index is -0.655. The Kier molecular flexibility index (Phi) is 16.3. The Hall–Kier alpha value is -13.3. The highest BCUT2D eigenvalue weighted by atomic mass is 35.5. The maximum Gasteiger partial charge on any atom is 0.494 e. The van der Waals surface area contributed by atoms with Gasteiger partial charge in [0.05, 0.1) is 72.6 Å². The van der Waals surface area contributed by atoms with Crippen LogP contribution in [0.5, 0.6) is 23.0 Å². The molecular weight excluding hydrogens is 1410 g/mol. The van der Waals surface area contributed by atoms with Gasteiger partial charge in [-0.05, 0) is 122 Å². The van der Waals surface area contributed by atoms with Crippen LogP contribution >= 0.6 is 11.6 Å². The first-order valence-electron chi connectivity index (χ1n) is 38.0. The van der Waals surface area contributed by atoms with Gasteiger partial charge >= 0.3 is 7.12 Å². The van der Waals surface area contributed by atoms with Gasteiger partial charge in [-0.1, -0.05) is 291 Å². The van der Waals surface area contributed by atoms with Crippen LogP contribution in [-0.2, 0) is 20.1 Å².